The van der Waals surface area contributed by atoms with Gasteiger partial charge in [0.05, 0.1) is 6.61 Å². The number of esters is 1. The van der Waals surface area contributed by atoms with E-state index in [9.17, 15) is 4.79 Å². The zero-order valence-corrected chi connectivity index (χ0v) is 19.1. The van der Waals surface area contributed by atoms with Crippen molar-refractivity contribution in [1.82, 2.24) is 0 Å². The summed E-state index contributed by atoms with van der Waals surface area (Å²) in [4.78, 5) is 12.9. The fourth-order valence-electron chi connectivity index (χ4n) is 3.50. The molecule has 4 heteroatoms. The molecule has 0 atom stereocenters. The summed E-state index contributed by atoms with van der Waals surface area (Å²) in [6.45, 7) is 9.14. The second-order valence-corrected chi connectivity index (χ2v) is 8.31. The van der Waals surface area contributed by atoms with Crippen molar-refractivity contribution in [2.75, 3.05) is 6.61 Å². The van der Waals surface area contributed by atoms with Crippen LogP contribution in [-0.4, -0.2) is 12.6 Å². The lowest BCUT2D eigenvalue weighted by atomic mass is 9.99. The van der Waals surface area contributed by atoms with E-state index in [-0.39, 0.29) is 5.97 Å². The maximum Gasteiger partial charge on any atom is 0.306 e. The van der Waals surface area contributed by atoms with E-state index in [0.29, 0.717) is 26.1 Å². The van der Waals surface area contributed by atoms with Crippen LogP contribution in [0.15, 0.2) is 47.8 Å². The summed E-state index contributed by atoms with van der Waals surface area (Å²) in [5.41, 5.74) is 7.26. The molecule has 0 spiro atoms. The molecule has 0 aliphatic heterocycles. The van der Waals surface area contributed by atoms with Gasteiger partial charge in [0.1, 0.15) is 12.4 Å². The molecule has 0 saturated heterocycles. The van der Waals surface area contributed by atoms with Gasteiger partial charge >= 0.3 is 5.97 Å². The van der Waals surface area contributed by atoms with E-state index in [2.05, 4.69) is 62.5 Å². The van der Waals surface area contributed by atoms with E-state index in [1.807, 2.05) is 13.0 Å². The van der Waals surface area contributed by atoms with Gasteiger partial charge in [0.25, 0.3) is 0 Å². The molecule has 0 unspecified atom stereocenters. The highest BCUT2D eigenvalue weighted by atomic mass is 32.1. The van der Waals surface area contributed by atoms with Crippen molar-refractivity contribution in [3.63, 3.8) is 0 Å². The second kappa shape index (κ2) is 10.4. The van der Waals surface area contributed by atoms with E-state index < -0.39 is 0 Å². The first-order valence-electron chi connectivity index (χ1n) is 10.6. The molecule has 0 amide bonds. The van der Waals surface area contributed by atoms with Crippen molar-refractivity contribution in [3.05, 3.63) is 75.7 Å². The van der Waals surface area contributed by atoms with Crippen LogP contribution in [0.3, 0.4) is 0 Å². The smallest absolute Gasteiger partial charge is 0.306 e. The standard InChI is InChI=1S/C26H30O3S/c1-5-20-7-9-22(10-8-20)26-23(15-16-30-26)17-29-24-13-11-21(18(3)19(24)4)12-14-25(27)28-6-2/h7-11,13,15-16H,5-6,12,14,17H2,1-4H3. The Balaban J connectivity index is 1.68. The Morgan fingerprint density at radius 3 is 2.40 bits per heavy atom. The Bertz CT molecular complexity index is 986. The average molecular weight is 423 g/mol. The molecule has 0 fully saturated rings. The molecule has 0 radical (unpaired) electrons. The van der Waals surface area contributed by atoms with E-state index in [1.54, 1.807) is 11.3 Å². The fraction of sp³-hybridized carbons (Fsp3) is 0.346. The molecule has 158 valence electrons. The summed E-state index contributed by atoms with van der Waals surface area (Å²) < 4.78 is 11.2. The van der Waals surface area contributed by atoms with Crippen LogP contribution in [0.1, 0.15) is 48.1 Å². The van der Waals surface area contributed by atoms with Gasteiger partial charge in [0.2, 0.25) is 0 Å². The number of aryl methyl sites for hydroxylation is 2. The number of ether oxygens (including phenoxy) is 2. The van der Waals surface area contributed by atoms with Gasteiger partial charge in [0, 0.05) is 16.9 Å². The first kappa shape index (κ1) is 22.1. The van der Waals surface area contributed by atoms with E-state index in [0.717, 1.165) is 17.7 Å². The Labute approximate surface area is 183 Å². The van der Waals surface area contributed by atoms with Crippen LogP contribution in [0, 0.1) is 13.8 Å². The molecule has 0 aliphatic carbocycles. The van der Waals surface area contributed by atoms with Crippen molar-refractivity contribution in [2.45, 2.75) is 53.6 Å². The fourth-order valence-corrected chi connectivity index (χ4v) is 4.42. The molecular formula is C26H30O3S. The lowest BCUT2D eigenvalue weighted by Gasteiger charge is -2.15. The quantitative estimate of drug-likeness (QED) is 0.361. The molecule has 1 aromatic heterocycles. The topological polar surface area (TPSA) is 35.5 Å². The van der Waals surface area contributed by atoms with Crippen LogP contribution in [0.5, 0.6) is 5.75 Å². The Hall–Kier alpha value is -2.59. The van der Waals surface area contributed by atoms with Crippen molar-refractivity contribution in [3.8, 4) is 16.2 Å². The third-order valence-corrected chi connectivity index (χ3v) is 6.51. The van der Waals surface area contributed by atoms with E-state index in [4.69, 9.17) is 9.47 Å². The van der Waals surface area contributed by atoms with Crippen molar-refractivity contribution in [2.24, 2.45) is 0 Å². The normalized spacial score (nSPS) is 10.8. The molecule has 0 aliphatic rings. The monoisotopic (exact) mass is 422 g/mol. The molecule has 0 saturated carbocycles. The lowest BCUT2D eigenvalue weighted by molar-refractivity contribution is -0.143. The molecule has 30 heavy (non-hydrogen) atoms. The summed E-state index contributed by atoms with van der Waals surface area (Å²) in [6, 6.07) is 15.0. The predicted octanol–water partition coefficient (Wildman–Crippen LogP) is 6.67. The molecule has 3 aromatic rings. The zero-order valence-electron chi connectivity index (χ0n) is 18.3. The lowest BCUT2D eigenvalue weighted by Crippen LogP contribution is -2.06. The first-order chi connectivity index (χ1) is 14.5. The maximum absolute atomic E-state index is 11.7. The van der Waals surface area contributed by atoms with Crippen LogP contribution in [0.4, 0.5) is 0 Å². The van der Waals surface area contributed by atoms with Crippen LogP contribution < -0.4 is 4.74 Å². The van der Waals surface area contributed by atoms with Gasteiger partial charge in [-0.1, -0.05) is 37.3 Å². The Kier molecular flexibility index (Phi) is 7.69. The molecule has 0 bridgehead atoms. The predicted molar refractivity (Wildman–Crippen MR) is 124 cm³/mol. The Morgan fingerprint density at radius 2 is 1.70 bits per heavy atom. The van der Waals surface area contributed by atoms with Crippen LogP contribution in [0.2, 0.25) is 0 Å². The van der Waals surface area contributed by atoms with Crippen molar-refractivity contribution < 1.29 is 14.3 Å². The minimum absolute atomic E-state index is 0.146. The number of hydrogen-bond acceptors (Lipinski definition) is 4. The minimum atomic E-state index is -0.146. The van der Waals surface area contributed by atoms with Gasteiger partial charge in [-0.15, -0.1) is 11.3 Å². The summed E-state index contributed by atoms with van der Waals surface area (Å²) in [5, 5.41) is 2.12. The number of rotatable bonds is 9. The van der Waals surface area contributed by atoms with Crippen molar-refractivity contribution >= 4 is 17.3 Å². The number of benzene rings is 2. The molecule has 3 rings (SSSR count). The molecule has 3 nitrogen and oxygen atoms in total. The maximum atomic E-state index is 11.7. The highest BCUT2D eigenvalue weighted by Crippen LogP contribution is 2.32. The third kappa shape index (κ3) is 5.31. The largest absolute Gasteiger partial charge is 0.489 e. The zero-order chi connectivity index (χ0) is 21.5. The van der Waals surface area contributed by atoms with Crippen LogP contribution in [0.25, 0.3) is 10.4 Å². The van der Waals surface area contributed by atoms with Crippen LogP contribution in [-0.2, 0) is 29.0 Å². The summed E-state index contributed by atoms with van der Waals surface area (Å²) >= 11 is 1.75. The highest BCUT2D eigenvalue weighted by Gasteiger charge is 2.12. The molecule has 2 aromatic carbocycles. The number of carbonyl (C=O) groups is 1. The second-order valence-electron chi connectivity index (χ2n) is 7.39. The van der Waals surface area contributed by atoms with Crippen molar-refractivity contribution in [1.29, 1.82) is 0 Å². The Morgan fingerprint density at radius 1 is 0.933 bits per heavy atom. The van der Waals surface area contributed by atoms with Crippen LogP contribution >= 0.6 is 11.3 Å². The van der Waals surface area contributed by atoms with Gasteiger partial charge in [-0.2, -0.15) is 0 Å². The molecular weight excluding hydrogens is 392 g/mol. The average Bonchev–Trinajstić information content (AvgIpc) is 3.23. The summed E-state index contributed by atoms with van der Waals surface area (Å²) in [6.07, 6.45) is 2.15. The first-order valence-corrected chi connectivity index (χ1v) is 11.4. The number of hydrogen-bond donors (Lipinski definition) is 0. The molecule has 1 heterocycles. The minimum Gasteiger partial charge on any atom is -0.489 e. The SMILES string of the molecule is CCOC(=O)CCc1ccc(OCc2ccsc2-c2ccc(CC)cc2)c(C)c1C. The van der Waals surface area contributed by atoms with E-state index >= 15 is 0 Å². The highest BCUT2D eigenvalue weighted by molar-refractivity contribution is 7.13. The summed E-state index contributed by atoms with van der Waals surface area (Å²) in [5.74, 6) is 0.748. The summed E-state index contributed by atoms with van der Waals surface area (Å²) in [7, 11) is 0. The third-order valence-electron chi connectivity index (χ3n) is 5.51. The number of thiophene rings is 1. The molecule has 0 N–H and O–H groups in total. The van der Waals surface area contributed by atoms with E-state index in [1.165, 1.54) is 32.7 Å². The van der Waals surface area contributed by atoms with Gasteiger partial charge in [0.15, 0.2) is 0 Å². The van der Waals surface area contributed by atoms with Gasteiger partial charge in [-0.25, -0.2) is 0 Å². The van der Waals surface area contributed by atoms with Gasteiger partial charge in [-0.3, -0.25) is 4.79 Å². The van der Waals surface area contributed by atoms with Gasteiger partial charge < -0.3 is 9.47 Å². The number of carbonyl (C=O) groups excluding carboxylic acids is 1. The van der Waals surface area contributed by atoms with Gasteiger partial charge in [-0.05, 0) is 78.9 Å².